The van der Waals surface area contributed by atoms with E-state index in [9.17, 15) is 0 Å². The predicted octanol–water partition coefficient (Wildman–Crippen LogP) is 14.7. The fraction of sp³-hybridized carbons (Fsp3) is 0.0566. The number of benzene rings is 9. The molecule has 1 heteroatoms. The van der Waals surface area contributed by atoms with Crippen molar-refractivity contribution in [3.8, 4) is 78.3 Å². The number of fused-ring (bicyclic) bond motifs is 6. The van der Waals surface area contributed by atoms with Crippen molar-refractivity contribution in [1.29, 1.82) is 0 Å². The highest BCUT2D eigenvalue weighted by Crippen LogP contribution is 2.51. The maximum atomic E-state index is 6.63. The molecule has 0 fully saturated rings. The number of hydrogen-bond acceptors (Lipinski definition) is 1. The van der Waals surface area contributed by atoms with Crippen LogP contribution in [0.25, 0.3) is 88.3 Å². The molecule has 254 valence electrons. The van der Waals surface area contributed by atoms with E-state index >= 15 is 0 Å². The molecule has 0 spiro atoms. The lowest BCUT2D eigenvalue weighted by molar-refractivity contribution is 0.487. The van der Waals surface area contributed by atoms with Crippen LogP contribution in [-0.4, -0.2) is 0 Å². The Labute approximate surface area is 315 Å². The van der Waals surface area contributed by atoms with Gasteiger partial charge in [-0.25, -0.2) is 0 Å². The van der Waals surface area contributed by atoms with Gasteiger partial charge in [-0.2, -0.15) is 0 Å². The lowest BCUT2D eigenvalue weighted by Gasteiger charge is -2.23. The van der Waals surface area contributed by atoms with Gasteiger partial charge in [-0.1, -0.05) is 141 Å². The molecule has 1 aliphatic carbocycles. The molecule has 0 saturated heterocycles. The summed E-state index contributed by atoms with van der Waals surface area (Å²) < 4.78 is 6.63. The second-order valence-electron chi connectivity index (χ2n) is 15.3. The SMILES string of the molecule is CC1(C)c2ccccc2-c2cc3ccc(-c4cc(-c5ccccc5)cc(-c5ccc6c7c(cccc57)-c5cc(-c7ccccc7)ccc5O6)c4)cc3cc21. The maximum absolute atomic E-state index is 6.63. The van der Waals surface area contributed by atoms with Crippen LogP contribution in [-0.2, 0) is 5.41 Å². The van der Waals surface area contributed by atoms with Crippen LogP contribution in [0.15, 0.2) is 182 Å². The van der Waals surface area contributed by atoms with Gasteiger partial charge in [0.1, 0.15) is 11.5 Å². The molecule has 1 heterocycles. The van der Waals surface area contributed by atoms with Crippen molar-refractivity contribution in [3.05, 3.63) is 193 Å². The molecule has 11 rings (SSSR count). The summed E-state index contributed by atoms with van der Waals surface area (Å²) in [7, 11) is 0. The van der Waals surface area contributed by atoms with Crippen LogP contribution in [0.5, 0.6) is 11.5 Å². The first kappa shape index (κ1) is 30.9. The van der Waals surface area contributed by atoms with Crippen LogP contribution in [0.4, 0.5) is 0 Å². The van der Waals surface area contributed by atoms with E-state index in [0.29, 0.717) is 0 Å². The molecule has 2 aliphatic rings. The Hall–Kier alpha value is -6.70. The highest BCUT2D eigenvalue weighted by molar-refractivity contribution is 6.10. The fourth-order valence-electron chi connectivity index (χ4n) is 9.07. The summed E-state index contributed by atoms with van der Waals surface area (Å²) in [5.41, 5.74) is 17.4. The standard InChI is InChI=1S/C53H36O/c1-53(2)48-19-10-9-16-43(48)46-30-37-21-20-35(26-40(37)32-49(46)53)39-27-38(34-14-7-4-8-15-34)28-41(29-39)42-23-25-51-52-44(42)17-11-18-45(52)47-31-36(22-24-50(47)54-51)33-12-5-3-6-13-33/h3-32H,1-2H3. The molecule has 0 unspecified atom stereocenters. The minimum absolute atomic E-state index is 0.0431. The first-order valence-corrected chi connectivity index (χ1v) is 18.8. The number of ether oxygens (including phenoxy) is 1. The maximum Gasteiger partial charge on any atom is 0.135 e. The van der Waals surface area contributed by atoms with Gasteiger partial charge in [0.15, 0.2) is 0 Å². The first-order valence-electron chi connectivity index (χ1n) is 18.8. The fourth-order valence-corrected chi connectivity index (χ4v) is 9.07. The van der Waals surface area contributed by atoms with Gasteiger partial charge in [-0.15, -0.1) is 0 Å². The molecule has 0 aromatic heterocycles. The minimum Gasteiger partial charge on any atom is -0.456 e. The second-order valence-corrected chi connectivity index (χ2v) is 15.3. The quantitative estimate of drug-likeness (QED) is 0.179. The molecular weight excluding hydrogens is 653 g/mol. The Bertz CT molecular complexity index is 2970. The average molecular weight is 689 g/mol. The smallest absolute Gasteiger partial charge is 0.135 e. The zero-order valence-electron chi connectivity index (χ0n) is 30.2. The Morgan fingerprint density at radius 1 is 0.333 bits per heavy atom. The average Bonchev–Trinajstić information content (AvgIpc) is 3.45. The van der Waals surface area contributed by atoms with E-state index in [1.807, 2.05) is 0 Å². The molecule has 54 heavy (non-hydrogen) atoms. The van der Waals surface area contributed by atoms with Crippen LogP contribution in [0, 0.1) is 0 Å². The van der Waals surface area contributed by atoms with Crippen LogP contribution in [0.1, 0.15) is 25.0 Å². The van der Waals surface area contributed by atoms with Gasteiger partial charge in [-0.05, 0) is 143 Å². The zero-order valence-corrected chi connectivity index (χ0v) is 30.2. The van der Waals surface area contributed by atoms with Gasteiger partial charge in [0.25, 0.3) is 0 Å². The van der Waals surface area contributed by atoms with E-state index in [0.717, 1.165) is 22.4 Å². The van der Waals surface area contributed by atoms with Gasteiger partial charge < -0.3 is 4.74 Å². The van der Waals surface area contributed by atoms with Crippen LogP contribution in [0.2, 0.25) is 0 Å². The molecule has 0 N–H and O–H groups in total. The third-order valence-electron chi connectivity index (χ3n) is 11.8. The minimum atomic E-state index is -0.0431. The first-order chi connectivity index (χ1) is 26.5. The van der Waals surface area contributed by atoms with Crippen molar-refractivity contribution < 1.29 is 4.74 Å². The molecule has 0 amide bonds. The second kappa shape index (κ2) is 11.7. The molecule has 0 radical (unpaired) electrons. The third-order valence-corrected chi connectivity index (χ3v) is 11.8. The topological polar surface area (TPSA) is 9.23 Å². The Morgan fingerprint density at radius 2 is 0.981 bits per heavy atom. The summed E-state index contributed by atoms with van der Waals surface area (Å²) in [6.07, 6.45) is 0. The molecule has 1 nitrogen and oxygen atoms in total. The number of rotatable bonds is 4. The Balaban J connectivity index is 1.08. The van der Waals surface area contributed by atoms with Gasteiger partial charge in [0.2, 0.25) is 0 Å². The lowest BCUT2D eigenvalue weighted by Crippen LogP contribution is -2.14. The zero-order chi connectivity index (χ0) is 36.0. The molecule has 0 saturated carbocycles. The van der Waals surface area contributed by atoms with Gasteiger partial charge in [0.05, 0.1) is 0 Å². The molecule has 1 aliphatic heterocycles. The van der Waals surface area contributed by atoms with E-state index in [4.69, 9.17) is 4.74 Å². The van der Waals surface area contributed by atoms with Crippen molar-refractivity contribution in [2.45, 2.75) is 19.3 Å². The summed E-state index contributed by atoms with van der Waals surface area (Å²) >= 11 is 0. The monoisotopic (exact) mass is 688 g/mol. The predicted molar refractivity (Wildman–Crippen MR) is 226 cm³/mol. The normalized spacial score (nSPS) is 13.3. The Morgan fingerprint density at radius 3 is 1.80 bits per heavy atom. The van der Waals surface area contributed by atoms with Gasteiger partial charge in [-0.3, -0.25) is 0 Å². The largest absolute Gasteiger partial charge is 0.456 e. The summed E-state index contributed by atoms with van der Waals surface area (Å²) in [4.78, 5) is 0. The summed E-state index contributed by atoms with van der Waals surface area (Å²) in [5.74, 6) is 1.79. The summed E-state index contributed by atoms with van der Waals surface area (Å²) in [6, 6.07) is 66.7. The van der Waals surface area contributed by atoms with E-state index in [1.54, 1.807) is 0 Å². The highest BCUT2D eigenvalue weighted by atomic mass is 16.5. The van der Waals surface area contributed by atoms with Crippen LogP contribution >= 0.6 is 0 Å². The summed E-state index contributed by atoms with van der Waals surface area (Å²) in [5, 5.41) is 4.88. The summed E-state index contributed by atoms with van der Waals surface area (Å²) in [6.45, 7) is 4.71. The van der Waals surface area contributed by atoms with Gasteiger partial charge in [0, 0.05) is 16.4 Å². The lowest BCUT2D eigenvalue weighted by atomic mass is 9.82. The van der Waals surface area contributed by atoms with Crippen LogP contribution in [0.3, 0.4) is 0 Å². The van der Waals surface area contributed by atoms with E-state index in [2.05, 4.69) is 196 Å². The van der Waals surface area contributed by atoms with Crippen molar-refractivity contribution in [2.24, 2.45) is 0 Å². The molecule has 9 aromatic carbocycles. The molecule has 0 bridgehead atoms. The third kappa shape index (κ3) is 4.72. The van der Waals surface area contributed by atoms with E-state index in [-0.39, 0.29) is 5.41 Å². The number of hydrogen-bond donors (Lipinski definition) is 0. The van der Waals surface area contributed by atoms with E-state index in [1.165, 1.54) is 88.5 Å². The van der Waals surface area contributed by atoms with Crippen molar-refractivity contribution >= 4 is 21.5 Å². The van der Waals surface area contributed by atoms with Crippen molar-refractivity contribution in [3.63, 3.8) is 0 Å². The van der Waals surface area contributed by atoms with Crippen molar-refractivity contribution in [1.82, 2.24) is 0 Å². The molecule has 9 aromatic rings. The molecule has 0 atom stereocenters. The Kier molecular flexibility index (Phi) is 6.66. The highest BCUT2D eigenvalue weighted by Gasteiger charge is 2.35. The van der Waals surface area contributed by atoms with E-state index < -0.39 is 0 Å². The molecular formula is C53H36O. The van der Waals surface area contributed by atoms with Crippen molar-refractivity contribution in [2.75, 3.05) is 0 Å². The van der Waals surface area contributed by atoms with Crippen LogP contribution < -0.4 is 4.74 Å². The van der Waals surface area contributed by atoms with Gasteiger partial charge >= 0.3 is 0 Å².